The van der Waals surface area contributed by atoms with E-state index < -0.39 is 17.7 Å². The fourth-order valence-electron chi connectivity index (χ4n) is 2.44. The highest BCUT2D eigenvalue weighted by Crippen LogP contribution is 2.33. The standard InChI is InChI=1S/C14H18F3N3O2/c1-18(2)20-6-5-19(9-20)8-11-4-3-10(13(21)22)7-12(11)14(15,16)17/h3-4,7H,5-6,8-9H2,1-2H3,(H,21,22). The summed E-state index contributed by atoms with van der Waals surface area (Å²) in [5.41, 5.74) is -1.14. The number of alkyl halides is 3. The first-order valence-electron chi connectivity index (χ1n) is 6.76. The Morgan fingerprint density at radius 2 is 2.00 bits per heavy atom. The second kappa shape index (κ2) is 6.23. The van der Waals surface area contributed by atoms with E-state index in [1.54, 1.807) is 0 Å². The van der Waals surface area contributed by atoms with Crippen molar-refractivity contribution in [3.05, 3.63) is 34.9 Å². The summed E-state index contributed by atoms with van der Waals surface area (Å²) in [6.45, 7) is 2.10. The lowest BCUT2D eigenvalue weighted by atomic mass is 10.0. The molecule has 2 rings (SSSR count). The average molecular weight is 317 g/mol. The maximum absolute atomic E-state index is 13.1. The normalized spacial score (nSPS) is 17.4. The maximum atomic E-state index is 13.1. The van der Waals surface area contributed by atoms with Crippen LogP contribution in [0.4, 0.5) is 13.2 Å². The van der Waals surface area contributed by atoms with Gasteiger partial charge in [-0.1, -0.05) is 6.07 Å². The van der Waals surface area contributed by atoms with Crippen LogP contribution in [0.25, 0.3) is 0 Å². The van der Waals surface area contributed by atoms with Crippen LogP contribution in [0, 0.1) is 0 Å². The zero-order chi connectivity index (χ0) is 16.5. The summed E-state index contributed by atoms with van der Waals surface area (Å²) in [6, 6.07) is 3.18. The lowest BCUT2D eigenvalue weighted by molar-refractivity contribution is -0.138. The molecule has 0 aliphatic carbocycles. The number of carboxylic acid groups (broad SMARTS) is 1. The molecular formula is C14H18F3N3O2. The number of rotatable bonds is 4. The Kier molecular flexibility index (Phi) is 4.74. The number of aromatic carboxylic acids is 1. The van der Waals surface area contributed by atoms with Gasteiger partial charge in [0.2, 0.25) is 0 Å². The highest BCUT2D eigenvalue weighted by molar-refractivity contribution is 5.88. The Morgan fingerprint density at radius 1 is 1.32 bits per heavy atom. The van der Waals surface area contributed by atoms with Crippen molar-refractivity contribution >= 4 is 5.97 Å². The number of halogens is 3. The molecule has 0 amide bonds. The molecule has 0 aromatic heterocycles. The quantitative estimate of drug-likeness (QED) is 0.920. The van der Waals surface area contributed by atoms with Gasteiger partial charge in [-0.3, -0.25) is 4.90 Å². The SMILES string of the molecule is CN(C)N1CCN(Cc2ccc(C(=O)O)cc2C(F)(F)F)C1. The van der Waals surface area contributed by atoms with E-state index in [1.165, 1.54) is 12.1 Å². The fraction of sp³-hybridized carbons (Fsp3) is 0.500. The second-order valence-electron chi connectivity index (χ2n) is 5.45. The van der Waals surface area contributed by atoms with Gasteiger partial charge in [-0.2, -0.15) is 13.2 Å². The number of nitrogens with zero attached hydrogens (tertiary/aromatic N) is 3. The van der Waals surface area contributed by atoms with Crippen LogP contribution in [0.15, 0.2) is 18.2 Å². The smallest absolute Gasteiger partial charge is 0.416 e. The molecule has 8 heteroatoms. The van der Waals surface area contributed by atoms with Crippen molar-refractivity contribution in [3.8, 4) is 0 Å². The molecule has 0 atom stereocenters. The maximum Gasteiger partial charge on any atom is 0.416 e. The summed E-state index contributed by atoms with van der Waals surface area (Å²) in [4.78, 5) is 12.8. The number of hydrogen-bond donors (Lipinski definition) is 1. The topological polar surface area (TPSA) is 47.0 Å². The zero-order valence-electron chi connectivity index (χ0n) is 12.4. The molecule has 5 nitrogen and oxygen atoms in total. The lowest BCUT2D eigenvalue weighted by Gasteiger charge is -2.24. The van der Waals surface area contributed by atoms with Gasteiger partial charge in [-0.05, 0) is 17.7 Å². The van der Waals surface area contributed by atoms with Crippen molar-refractivity contribution in [1.29, 1.82) is 0 Å². The summed E-state index contributed by atoms with van der Waals surface area (Å²) in [6.07, 6.45) is -4.57. The van der Waals surface area contributed by atoms with Crippen molar-refractivity contribution in [2.75, 3.05) is 33.9 Å². The molecule has 0 saturated carbocycles. The largest absolute Gasteiger partial charge is 0.478 e. The first-order valence-corrected chi connectivity index (χ1v) is 6.76. The summed E-state index contributed by atoms with van der Waals surface area (Å²) in [7, 11) is 3.76. The fourth-order valence-corrected chi connectivity index (χ4v) is 2.44. The minimum Gasteiger partial charge on any atom is -0.478 e. The van der Waals surface area contributed by atoms with Gasteiger partial charge in [0.1, 0.15) is 0 Å². The molecule has 1 aliphatic rings. The summed E-state index contributed by atoms with van der Waals surface area (Å²) >= 11 is 0. The van der Waals surface area contributed by atoms with Crippen LogP contribution in [0.5, 0.6) is 0 Å². The summed E-state index contributed by atoms with van der Waals surface area (Å²) in [5, 5.41) is 12.8. The molecule has 0 spiro atoms. The third kappa shape index (κ3) is 3.76. The minimum absolute atomic E-state index is 0.0955. The first-order chi connectivity index (χ1) is 10.2. The number of carboxylic acids is 1. The molecule has 22 heavy (non-hydrogen) atoms. The molecular weight excluding hydrogens is 299 g/mol. The van der Waals surface area contributed by atoms with E-state index in [9.17, 15) is 18.0 Å². The molecule has 1 fully saturated rings. The van der Waals surface area contributed by atoms with Crippen molar-refractivity contribution < 1.29 is 23.1 Å². The Balaban J connectivity index is 2.22. The van der Waals surface area contributed by atoms with E-state index in [0.29, 0.717) is 19.3 Å². The van der Waals surface area contributed by atoms with Crippen LogP contribution >= 0.6 is 0 Å². The van der Waals surface area contributed by atoms with Crippen LogP contribution in [-0.4, -0.2) is 59.8 Å². The first kappa shape index (κ1) is 16.7. The van der Waals surface area contributed by atoms with E-state index in [-0.39, 0.29) is 17.7 Å². The second-order valence-corrected chi connectivity index (χ2v) is 5.45. The van der Waals surface area contributed by atoms with Crippen molar-refractivity contribution in [3.63, 3.8) is 0 Å². The molecule has 1 N–H and O–H groups in total. The van der Waals surface area contributed by atoms with Crippen LogP contribution in [0.2, 0.25) is 0 Å². The van der Waals surface area contributed by atoms with Crippen molar-refractivity contribution in [2.24, 2.45) is 0 Å². The summed E-state index contributed by atoms with van der Waals surface area (Å²) < 4.78 is 39.4. The molecule has 1 aromatic carbocycles. The van der Waals surface area contributed by atoms with Gasteiger partial charge in [0.15, 0.2) is 0 Å². The number of hydrogen-bond acceptors (Lipinski definition) is 4. The highest BCUT2D eigenvalue weighted by Gasteiger charge is 2.35. The molecule has 1 saturated heterocycles. The Bertz CT molecular complexity index is 561. The lowest BCUT2D eigenvalue weighted by Crippen LogP contribution is -2.36. The van der Waals surface area contributed by atoms with Crippen LogP contribution < -0.4 is 0 Å². The van der Waals surface area contributed by atoms with E-state index in [0.717, 1.165) is 6.54 Å². The van der Waals surface area contributed by atoms with Crippen LogP contribution in [-0.2, 0) is 12.7 Å². The number of hydrazine groups is 1. The van der Waals surface area contributed by atoms with Crippen molar-refractivity contribution in [2.45, 2.75) is 12.7 Å². The monoisotopic (exact) mass is 317 g/mol. The predicted octanol–water partition coefficient (Wildman–Crippen LogP) is 1.96. The molecule has 1 heterocycles. The van der Waals surface area contributed by atoms with Gasteiger partial charge in [0.05, 0.1) is 17.8 Å². The van der Waals surface area contributed by atoms with Gasteiger partial charge >= 0.3 is 12.1 Å². The van der Waals surface area contributed by atoms with Crippen LogP contribution in [0.3, 0.4) is 0 Å². The van der Waals surface area contributed by atoms with Crippen molar-refractivity contribution in [1.82, 2.24) is 14.9 Å². The summed E-state index contributed by atoms with van der Waals surface area (Å²) in [5.74, 6) is -1.36. The molecule has 0 bridgehead atoms. The third-order valence-corrected chi connectivity index (χ3v) is 3.66. The van der Waals surface area contributed by atoms with Gasteiger partial charge in [-0.25, -0.2) is 14.8 Å². The molecule has 122 valence electrons. The Morgan fingerprint density at radius 3 is 2.50 bits per heavy atom. The third-order valence-electron chi connectivity index (χ3n) is 3.66. The molecule has 1 aromatic rings. The minimum atomic E-state index is -4.57. The van der Waals surface area contributed by atoms with Gasteiger partial charge < -0.3 is 5.11 Å². The number of benzene rings is 1. The van der Waals surface area contributed by atoms with E-state index in [2.05, 4.69) is 0 Å². The average Bonchev–Trinajstić information content (AvgIpc) is 2.86. The number of carbonyl (C=O) groups is 1. The van der Waals surface area contributed by atoms with Crippen LogP contribution in [0.1, 0.15) is 21.5 Å². The van der Waals surface area contributed by atoms with E-state index >= 15 is 0 Å². The predicted molar refractivity (Wildman–Crippen MR) is 74.1 cm³/mol. The molecule has 1 aliphatic heterocycles. The van der Waals surface area contributed by atoms with E-state index in [1.807, 2.05) is 29.0 Å². The van der Waals surface area contributed by atoms with E-state index in [4.69, 9.17) is 5.11 Å². The van der Waals surface area contributed by atoms with Gasteiger partial charge in [-0.15, -0.1) is 0 Å². The Hall–Kier alpha value is -1.64. The van der Waals surface area contributed by atoms with Gasteiger partial charge in [0.25, 0.3) is 0 Å². The molecule has 0 unspecified atom stereocenters. The highest BCUT2D eigenvalue weighted by atomic mass is 19.4. The van der Waals surface area contributed by atoms with Gasteiger partial charge in [0, 0.05) is 33.7 Å². The Labute approximate surface area is 126 Å². The molecule has 0 radical (unpaired) electrons. The zero-order valence-corrected chi connectivity index (χ0v) is 12.4.